The molecule has 28 heavy (non-hydrogen) atoms. The summed E-state index contributed by atoms with van der Waals surface area (Å²) in [7, 11) is -1.03. The van der Waals surface area contributed by atoms with Gasteiger partial charge in [0.2, 0.25) is 15.9 Å². The fraction of sp³-hybridized carbons (Fsp3) is 0.278. The minimum atomic E-state index is -4.05. The number of halogens is 2. The van der Waals surface area contributed by atoms with Crippen molar-refractivity contribution in [1.82, 2.24) is 10.0 Å². The van der Waals surface area contributed by atoms with Crippen LogP contribution in [-0.4, -0.2) is 35.1 Å². The van der Waals surface area contributed by atoms with Crippen LogP contribution in [0.3, 0.4) is 0 Å². The van der Waals surface area contributed by atoms with E-state index in [1.165, 1.54) is 14.2 Å². The van der Waals surface area contributed by atoms with Gasteiger partial charge in [0.05, 0.1) is 19.1 Å². The molecular weight excluding hydrogens is 394 g/mol. The summed E-state index contributed by atoms with van der Waals surface area (Å²) in [5.41, 5.74) is 0.772. The van der Waals surface area contributed by atoms with E-state index in [0.29, 0.717) is 17.6 Å². The molecule has 0 atom stereocenters. The van der Waals surface area contributed by atoms with Crippen molar-refractivity contribution in [2.75, 3.05) is 20.8 Å². The smallest absolute Gasteiger partial charge is 0.240 e. The molecule has 0 heterocycles. The van der Waals surface area contributed by atoms with Crippen LogP contribution in [0, 0.1) is 11.6 Å². The molecule has 7 nitrogen and oxygen atoms in total. The number of hydrogen-bond acceptors (Lipinski definition) is 5. The number of nitrogens with one attached hydrogen (secondary N) is 2. The van der Waals surface area contributed by atoms with Crippen molar-refractivity contribution >= 4 is 15.9 Å². The highest BCUT2D eigenvalue weighted by Crippen LogP contribution is 2.27. The van der Waals surface area contributed by atoms with E-state index in [0.717, 1.165) is 17.7 Å². The molecule has 0 fully saturated rings. The summed E-state index contributed by atoms with van der Waals surface area (Å²) in [5.74, 6) is -1.72. The van der Waals surface area contributed by atoms with Crippen LogP contribution in [0.1, 0.15) is 12.0 Å². The molecule has 2 rings (SSSR count). The molecule has 0 aliphatic rings. The molecule has 0 aromatic heterocycles. The van der Waals surface area contributed by atoms with E-state index < -0.39 is 26.6 Å². The van der Waals surface area contributed by atoms with Crippen LogP contribution < -0.4 is 19.5 Å². The van der Waals surface area contributed by atoms with E-state index >= 15 is 0 Å². The van der Waals surface area contributed by atoms with Crippen LogP contribution in [0.25, 0.3) is 0 Å². The molecule has 0 aliphatic carbocycles. The quantitative estimate of drug-likeness (QED) is 0.654. The maximum atomic E-state index is 13.2. The van der Waals surface area contributed by atoms with E-state index in [1.807, 2.05) is 0 Å². The van der Waals surface area contributed by atoms with Gasteiger partial charge in [-0.15, -0.1) is 0 Å². The van der Waals surface area contributed by atoms with Crippen molar-refractivity contribution in [2.24, 2.45) is 0 Å². The Bertz CT molecular complexity index is 951. The number of ether oxygens (including phenoxy) is 2. The highest BCUT2D eigenvalue weighted by atomic mass is 32.2. The van der Waals surface area contributed by atoms with Crippen LogP contribution in [0.15, 0.2) is 41.3 Å². The first-order valence-corrected chi connectivity index (χ1v) is 9.67. The average molecular weight is 414 g/mol. The first-order chi connectivity index (χ1) is 13.3. The Hall–Kier alpha value is -2.72. The zero-order chi connectivity index (χ0) is 20.7. The first-order valence-electron chi connectivity index (χ1n) is 8.19. The van der Waals surface area contributed by atoms with Crippen molar-refractivity contribution in [3.05, 3.63) is 53.6 Å². The second-order valence-corrected chi connectivity index (χ2v) is 7.46. The molecule has 2 aromatic carbocycles. The summed E-state index contributed by atoms with van der Waals surface area (Å²) in [6.07, 6.45) is -0.129. The van der Waals surface area contributed by atoms with Gasteiger partial charge in [-0.3, -0.25) is 4.79 Å². The second kappa shape index (κ2) is 9.47. The van der Waals surface area contributed by atoms with Crippen molar-refractivity contribution in [3.8, 4) is 11.5 Å². The zero-order valence-electron chi connectivity index (χ0n) is 15.3. The van der Waals surface area contributed by atoms with Crippen LogP contribution in [0.5, 0.6) is 11.5 Å². The van der Waals surface area contributed by atoms with E-state index in [-0.39, 0.29) is 25.4 Å². The van der Waals surface area contributed by atoms with Crippen LogP contribution in [0.2, 0.25) is 0 Å². The lowest BCUT2D eigenvalue weighted by atomic mass is 10.2. The van der Waals surface area contributed by atoms with Gasteiger partial charge < -0.3 is 14.8 Å². The molecule has 0 unspecified atom stereocenters. The molecule has 0 spiro atoms. The number of carbonyl (C=O) groups is 1. The average Bonchev–Trinajstić information content (AvgIpc) is 2.67. The molecule has 0 saturated heterocycles. The van der Waals surface area contributed by atoms with Gasteiger partial charge in [0.1, 0.15) is 0 Å². The highest BCUT2D eigenvalue weighted by molar-refractivity contribution is 7.89. The lowest BCUT2D eigenvalue weighted by molar-refractivity contribution is -0.121. The minimum absolute atomic E-state index is 0.129. The number of sulfonamides is 1. The predicted molar refractivity (Wildman–Crippen MR) is 97.6 cm³/mol. The second-order valence-electron chi connectivity index (χ2n) is 5.69. The molecule has 2 aromatic rings. The molecule has 0 radical (unpaired) electrons. The number of rotatable bonds is 9. The molecule has 0 saturated carbocycles. The zero-order valence-corrected chi connectivity index (χ0v) is 16.1. The van der Waals surface area contributed by atoms with Gasteiger partial charge >= 0.3 is 0 Å². The maximum Gasteiger partial charge on any atom is 0.240 e. The molecule has 2 N–H and O–H groups in total. The largest absolute Gasteiger partial charge is 0.493 e. The third-order valence-electron chi connectivity index (χ3n) is 3.78. The third kappa shape index (κ3) is 5.64. The Morgan fingerprint density at radius 2 is 1.71 bits per heavy atom. The van der Waals surface area contributed by atoms with Gasteiger partial charge in [-0.1, -0.05) is 6.07 Å². The molecule has 1 amide bonds. The molecular formula is C18H20F2N2O5S. The Morgan fingerprint density at radius 1 is 1.00 bits per heavy atom. The summed E-state index contributed by atoms with van der Waals surface area (Å²) >= 11 is 0. The topological polar surface area (TPSA) is 93.7 Å². The lowest BCUT2D eigenvalue weighted by Gasteiger charge is -2.11. The highest BCUT2D eigenvalue weighted by Gasteiger charge is 2.16. The number of hydrogen-bond donors (Lipinski definition) is 2. The molecule has 0 bridgehead atoms. The van der Waals surface area contributed by atoms with Gasteiger partial charge in [-0.05, 0) is 35.9 Å². The minimum Gasteiger partial charge on any atom is -0.493 e. The Morgan fingerprint density at radius 3 is 2.36 bits per heavy atom. The van der Waals surface area contributed by atoms with Gasteiger partial charge in [0, 0.05) is 19.5 Å². The van der Waals surface area contributed by atoms with E-state index in [4.69, 9.17) is 9.47 Å². The van der Waals surface area contributed by atoms with Crippen LogP contribution in [-0.2, 0) is 21.4 Å². The van der Waals surface area contributed by atoms with Crippen molar-refractivity contribution in [1.29, 1.82) is 0 Å². The van der Waals surface area contributed by atoms with E-state index in [1.54, 1.807) is 18.2 Å². The maximum absolute atomic E-state index is 13.2. The molecule has 152 valence electrons. The Balaban J connectivity index is 1.85. The lowest BCUT2D eigenvalue weighted by Crippen LogP contribution is -2.30. The van der Waals surface area contributed by atoms with E-state index in [2.05, 4.69) is 10.0 Å². The van der Waals surface area contributed by atoms with Crippen molar-refractivity contribution in [2.45, 2.75) is 17.9 Å². The number of benzene rings is 2. The van der Waals surface area contributed by atoms with Gasteiger partial charge in [0.25, 0.3) is 0 Å². The normalized spacial score (nSPS) is 11.1. The summed E-state index contributed by atoms with van der Waals surface area (Å²) in [4.78, 5) is 11.5. The first kappa shape index (κ1) is 21.6. The monoisotopic (exact) mass is 414 g/mol. The SMILES string of the molecule is COc1ccc(CNC(=O)CCNS(=O)(=O)c2ccc(F)c(F)c2)cc1OC. The summed E-state index contributed by atoms with van der Waals surface area (Å²) in [6, 6.07) is 7.42. The van der Waals surface area contributed by atoms with E-state index in [9.17, 15) is 22.0 Å². The summed E-state index contributed by atoms with van der Waals surface area (Å²) in [6.45, 7) is 0.0220. The Labute approximate surface area is 161 Å². The number of carbonyl (C=O) groups excluding carboxylic acids is 1. The fourth-order valence-electron chi connectivity index (χ4n) is 2.31. The number of amides is 1. The van der Waals surface area contributed by atoms with Crippen LogP contribution in [0.4, 0.5) is 8.78 Å². The van der Waals surface area contributed by atoms with Gasteiger partial charge in [0.15, 0.2) is 23.1 Å². The van der Waals surface area contributed by atoms with Crippen molar-refractivity contribution < 1.29 is 31.5 Å². The molecule has 10 heteroatoms. The molecule has 0 aliphatic heterocycles. The summed E-state index contributed by atoms with van der Waals surface area (Å²) < 4.78 is 62.6. The standard InChI is InChI=1S/C18H20F2N2O5S/c1-26-16-6-3-12(9-17(16)27-2)11-21-18(23)7-8-22-28(24,25)13-4-5-14(19)15(20)10-13/h3-6,9-10,22H,7-8,11H2,1-2H3,(H,21,23). The van der Waals surface area contributed by atoms with Gasteiger partial charge in [-0.2, -0.15) is 0 Å². The number of methoxy groups -OCH3 is 2. The third-order valence-corrected chi connectivity index (χ3v) is 5.24. The van der Waals surface area contributed by atoms with Crippen LogP contribution >= 0.6 is 0 Å². The predicted octanol–water partition coefficient (Wildman–Crippen LogP) is 1.97. The van der Waals surface area contributed by atoms with Crippen molar-refractivity contribution in [3.63, 3.8) is 0 Å². The van der Waals surface area contributed by atoms with Gasteiger partial charge in [-0.25, -0.2) is 21.9 Å². The summed E-state index contributed by atoms with van der Waals surface area (Å²) in [5, 5.41) is 2.65. The fourth-order valence-corrected chi connectivity index (χ4v) is 3.35. The Kier molecular flexibility index (Phi) is 7.30.